The number of hydrogen-bond acceptors (Lipinski definition) is 20. The fourth-order valence-electron chi connectivity index (χ4n) is 11.7. The van der Waals surface area contributed by atoms with Gasteiger partial charge in [-0.1, -0.05) is 51.1 Å². The first-order valence-corrected chi connectivity index (χ1v) is 28.1. The number of nitrogens with zero attached hydrogens (tertiary/aromatic N) is 2. The molecule has 3 heterocycles. The number of benzene rings is 2. The van der Waals surface area contributed by atoms with Crippen molar-refractivity contribution < 1.29 is 86.6 Å². The lowest BCUT2D eigenvalue weighted by Crippen LogP contribution is -2.61. The summed E-state index contributed by atoms with van der Waals surface area (Å²) in [4.78, 5) is 58.8. The van der Waals surface area contributed by atoms with E-state index in [0.29, 0.717) is 35.8 Å². The van der Waals surface area contributed by atoms with E-state index >= 15 is 0 Å². The van der Waals surface area contributed by atoms with Gasteiger partial charge >= 0.3 is 18.2 Å². The first kappa shape index (κ1) is 67.5. The van der Waals surface area contributed by atoms with Crippen LogP contribution in [-0.4, -0.2) is 196 Å². The molecule has 462 valence electrons. The lowest BCUT2D eigenvalue weighted by Gasteiger charge is -2.49. The maximum Gasteiger partial charge on any atom is 0.426 e. The molecule has 82 heavy (non-hydrogen) atoms. The van der Waals surface area contributed by atoms with Crippen molar-refractivity contribution in [2.75, 3.05) is 56.1 Å². The molecule has 3 saturated heterocycles. The summed E-state index contributed by atoms with van der Waals surface area (Å²) < 4.78 is 67.2. The minimum atomic E-state index is -1.97. The van der Waals surface area contributed by atoms with E-state index in [1.807, 2.05) is 82.0 Å². The number of likely N-dealkylation sites (N-methyl/N-ethyl adjacent to an activating group) is 2. The third kappa shape index (κ3) is 16.9. The Kier molecular flexibility index (Phi) is 24.2. The summed E-state index contributed by atoms with van der Waals surface area (Å²) in [5.74, 6) is -2.76. The SMILES string of the molecule is CC[C@@H]1OC(=O)[C@H](C)[C@@H](O[C@H]2C[C@@](C)(OC)[C@@H](OC(=O)NNC(=O)/C=C/c3cc(OC)c(OC)c(OC)c3)[C@H](C)O2)[C@@H](C)[C@@H](O[C@@H]2O[C@H](C)C[C@H](N(C)C)[C@H]2O)[C@](C)(O)C[C@@H](C)CN(C)[C@H](C)[C@@H](OC(=O)NCc2ccccc2)[C@]1(C)O. The number of hydrazine groups is 1. The number of aliphatic hydroxyl groups excluding tert-OH is 1. The predicted octanol–water partition coefficient (Wildman–Crippen LogP) is 5.34. The summed E-state index contributed by atoms with van der Waals surface area (Å²) in [7, 11) is 11.4. The fraction of sp³-hybridized carbons (Fsp3) is 0.695. The van der Waals surface area contributed by atoms with E-state index in [-0.39, 0.29) is 43.9 Å². The lowest BCUT2D eigenvalue weighted by molar-refractivity contribution is -0.317. The fourth-order valence-corrected chi connectivity index (χ4v) is 11.7. The van der Waals surface area contributed by atoms with Crippen LogP contribution >= 0.6 is 0 Å². The highest BCUT2D eigenvalue weighted by atomic mass is 16.7. The van der Waals surface area contributed by atoms with Crippen molar-refractivity contribution in [3.63, 3.8) is 0 Å². The molecule has 3 fully saturated rings. The van der Waals surface area contributed by atoms with Crippen LogP contribution in [0.25, 0.3) is 6.08 Å². The monoisotopic (exact) mass is 1160 g/mol. The highest BCUT2D eigenvalue weighted by Crippen LogP contribution is 2.42. The standard InChI is InChI=1S/C59H93N5O18/c1-18-44-59(10,71)51(81-55(68)60-31-39-22-20-19-21-23-39)37(6)64(13)32-33(2)29-57(8,70)50(80-54-47(66)41(63(11)12)26-34(3)76-54)35(4)48(36(5)53(67)78-44)79-46-30-58(9,75-17)52(38(7)77-46)82-56(69)62-61-45(65)25-24-40-27-42(72-14)49(74-16)43(28-40)73-15/h19-25,27-28,33-38,41,44,46-48,50-52,54,66,70-71H,18,26,29-32H2,1-17H3,(H,60,68)(H,61,65)(H,62,69)/b25-24+/t33-,34-,35-,36-,37-,38+,41+,44+,46+,47-,48+,50-,51-,52+,54+,57-,58-,59-/m1/s1. The number of rotatable bonds is 16. The molecular formula is C59H93N5O18. The molecule has 6 N–H and O–H groups in total. The Balaban J connectivity index is 1.46. The molecule has 18 atom stereocenters. The Hall–Kier alpha value is -5.34. The van der Waals surface area contributed by atoms with E-state index in [2.05, 4.69) is 16.2 Å². The predicted molar refractivity (Wildman–Crippen MR) is 302 cm³/mol. The Morgan fingerprint density at radius 2 is 1.48 bits per heavy atom. The second kappa shape index (κ2) is 29.5. The van der Waals surface area contributed by atoms with Crippen LogP contribution in [0.1, 0.15) is 106 Å². The number of alkyl carbamates (subject to hydrolysis) is 1. The third-order valence-corrected chi connectivity index (χ3v) is 16.3. The molecule has 3 amide bonds. The zero-order valence-corrected chi connectivity index (χ0v) is 51.0. The molecule has 0 aromatic heterocycles. The molecule has 0 spiro atoms. The van der Waals surface area contributed by atoms with E-state index in [4.69, 9.17) is 52.1 Å². The molecule has 23 heteroatoms. The molecule has 0 aliphatic carbocycles. The molecular weight excluding hydrogens is 1070 g/mol. The van der Waals surface area contributed by atoms with E-state index in [1.165, 1.54) is 47.5 Å². The first-order chi connectivity index (χ1) is 38.5. The van der Waals surface area contributed by atoms with Gasteiger partial charge in [-0.2, -0.15) is 0 Å². The molecule has 2 aromatic rings. The van der Waals surface area contributed by atoms with Gasteiger partial charge < -0.3 is 77.6 Å². The van der Waals surface area contributed by atoms with Gasteiger partial charge in [0.1, 0.15) is 23.4 Å². The van der Waals surface area contributed by atoms with Gasteiger partial charge in [-0.15, -0.1) is 0 Å². The number of carbonyl (C=O) groups is 4. The van der Waals surface area contributed by atoms with Crippen molar-refractivity contribution in [3.8, 4) is 17.2 Å². The van der Waals surface area contributed by atoms with Gasteiger partial charge in [0.25, 0.3) is 5.91 Å². The van der Waals surface area contributed by atoms with Crippen molar-refractivity contribution in [1.29, 1.82) is 0 Å². The second-order valence-corrected chi connectivity index (χ2v) is 23.2. The summed E-state index contributed by atoms with van der Waals surface area (Å²) in [6.45, 7) is 17.7. The van der Waals surface area contributed by atoms with Crippen LogP contribution in [0, 0.1) is 17.8 Å². The average molecular weight is 1160 g/mol. The number of cyclic esters (lactones) is 1. The number of methoxy groups -OCH3 is 4. The van der Waals surface area contributed by atoms with Gasteiger partial charge in [0.2, 0.25) is 5.75 Å². The number of esters is 1. The van der Waals surface area contributed by atoms with Crippen LogP contribution in [-0.2, 0) is 54.0 Å². The maximum atomic E-state index is 15.0. The van der Waals surface area contributed by atoms with E-state index in [0.717, 1.165) is 5.56 Å². The molecule has 23 nitrogen and oxygen atoms in total. The second-order valence-electron chi connectivity index (χ2n) is 23.2. The van der Waals surface area contributed by atoms with Crippen molar-refractivity contribution in [1.82, 2.24) is 26.0 Å². The highest BCUT2D eigenvalue weighted by Gasteiger charge is 2.54. The lowest BCUT2D eigenvalue weighted by atomic mass is 9.77. The van der Waals surface area contributed by atoms with Gasteiger partial charge in [0.15, 0.2) is 36.3 Å². The largest absolute Gasteiger partial charge is 0.493 e. The number of carbonyl (C=O) groups excluding carboxylic acids is 4. The summed E-state index contributed by atoms with van der Waals surface area (Å²) in [5.41, 5.74) is 0.945. The minimum absolute atomic E-state index is 0.0754. The minimum Gasteiger partial charge on any atom is -0.493 e. The van der Waals surface area contributed by atoms with Gasteiger partial charge in [0.05, 0.1) is 57.3 Å². The van der Waals surface area contributed by atoms with Gasteiger partial charge in [0, 0.05) is 50.7 Å². The Morgan fingerprint density at radius 1 is 0.841 bits per heavy atom. The molecule has 0 radical (unpaired) electrons. The van der Waals surface area contributed by atoms with Crippen LogP contribution < -0.4 is 30.4 Å². The van der Waals surface area contributed by atoms with Crippen LogP contribution in [0.3, 0.4) is 0 Å². The molecule has 5 rings (SSSR count). The maximum absolute atomic E-state index is 15.0. The molecule has 3 aliphatic rings. The smallest absolute Gasteiger partial charge is 0.426 e. The zero-order valence-electron chi connectivity index (χ0n) is 51.0. The zero-order chi connectivity index (χ0) is 61.0. The quantitative estimate of drug-likeness (QED) is 0.0536. The van der Waals surface area contributed by atoms with E-state index < -0.39 is 114 Å². The number of nitrogens with one attached hydrogen (secondary N) is 3. The van der Waals surface area contributed by atoms with Gasteiger partial charge in [-0.05, 0) is 124 Å². The summed E-state index contributed by atoms with van der Waals surface area (Å²) >= 11 is 0. The molecule has 3 aliphatic heterocycles. The van der Waals surface area contributed by atoms with Crippen molar-refractivity contribution in [2.45, 2.75) is 192 Å². The summed E-state index contributed by atoms with van der Waals surface area (Å²) in [6, 6.07) is 11.5. The first-order valence-electron chi connectivity index (χ1n) is 28.1. The Morgan fingerprint density at radius 3 is 2.06 bits per heavy atom. The van der Waals surface area contributed by atoms with E-state index in [1.54, 1.807) is 53.7 Å². The van der Waals surface area contributed by atoms with E-state index in [9.17, 15) is 34.5 Å². The van der Waals surface area contributed by atoms with Crippen LogP contribution in [0.5, 0.6) is 17.2 Å². The van der Waals surface area contributed by atoms with Crippen LogP contribution in [0.4, 0.5) is 9.59 Å². The highest BCUT2D eigenvalue weighted by molar-refractivity contribution is 5.92. The topological polar surface area (TPSA) is 273 Å². The number of hydrogen-bond donors (Lipinski definition) is 6. The number of aliphatic hydroxyl groups is 3. The van der Waals surface area contributed by atoms with Gasteiger partial charge in [-0.3, -0.25) is 19.9 Å². The Labute approximate surface area is 483 Å². The molecule has 0 bridgehead atoms. The summed E-state index contributed by atoms with van der Waals surface area (Å²) in [5, 5.41) is 40.3. The van der Waals surface area contributed by atoms with Crippen LogP contribution in [0.15, 0.2) is 48.5 Å². The number of ether oxygens (including phenoxy) is 11. The average Bonchev–Trinajstić information content (AvgIpc) is 3.66. The number of amides is 3. The Bertz CT molecular complexity index is 2410. The van der Waals surface area contributed by atoms with Gasteiger partial charge in [-0.25, -0.2) is 15.0 Å². The normalized spacial score (nSPS) is 35.3. The van der Waals surface area contributed by atoms with Crippen LogP contribution in [0.2, 0.25) is 0 Å². The van der Waals surface area contributed by atoms with Crippen molar-refractivity contribution in [2.24, 2.45) is 17.8 Å². The molecule has 2 aromatic carbocycles. The molecule has 0 saturated carbocycles. The molecule has 0 unspecified atom stereocenters. The van der Waals surface area contributed by atoms with Crippen molar-refractivity contribution in [3.05, 3.63) is 59.7 Å². The summed E-state index contributed by atoms with van der Waals surface area (Å²) in [6.07, 6.45) is -9.32. The third-order valence-electron chi connectivity index (χ3n) is 16.3. The van der Waals surface area contributed by atoms with Crippen molar-refractivity contribution >= 4 is 30.1 Å².